The molecule has 4 rings (SSSR count). The highest BCUT2D eigenvalue weighted by Gasteiger charge is 2.15. The van der Waals surface area contributed by atoms with Crippen molar-refractivity contribution in [2.75, 3.05) is 6.61 Å². The molecule has 0 unspecified atom stereocenters. The maximum Gasteiger partial charge on any atom is 0.282 e. The molecule has 8 heteroatoms. The van der Waals surface area contributed by atoms with E-state index in [9.17, 15) is 4.79 Å². The highest BCUT2D eigenvalue weighted by atomic mass is 79.9. The summed E-state index contributed by atoms with van der Waals surface area (Å²) in [6, 6.07) is 19.2. The maximum atomic E-state index is 13.3. The minimum Gasteiger partial charge on any atom is -0.490 e. The molecule has 6 nitrogen and oxygen atoms in total. The molecule has 1 aromatic heterocycles. The van der Waals surface area contributed by atoms with E-state index in [1.165, 1.54) is 4.68 Å². The van der Waals surface area contributed by atoms with E-state index in [1.54, 1.807) is 12.3 Å². The van der Waals surface area contributed by atoms with Crippen LogP contribution >= 0.6 is 31.9 Å². The second-order valence-corrected chi connectivity index (χ2v) is 9.95. The summed E-state index contributed by atoms with van der Waals surface area (Å²) in [6.45, 7) is 6.79. The van der Waals surface area contributed by atoms with E-state index in [-0.39, 0.29) is 11.5 Å². The van der Waals surface area contributed by atoms with Crippen LogP contribution in [0.25, 0.3) is 10.9 Å². The number of hydrogen-bond donors (Lipinski definition) is 0. The van der Waals surface area contributed by atoms with Gasteiger partial charge in [-0.1, -0.05) is 60.1 Å². The van der Waals surface area contributed by atoms with Crippen molar-refractivity contribution in [3.8, 4) is 11.5 Å². The molecule has 0 radical (unpaired) electrons. The Labute approximate surface area is 220 Å². The predicted molar refractivity (Wildman–Crippen MR) is 147 cm³/mol. The molecule has 0 saturated heterocycles. The van der Waals surface area contributed by atoms with Crippen LogP contribution < -0.4 is 15.0 Å². The van der Waals surface area contributed by atoms with Crippen LogP contribution in [0.15, 0.2) is 79.5 Å². The zero-order valence-electron chi connectivity index (χ0n) is 19.7. The minimum absolute atomic E-state index is 0.00683. The summed E-state index contributed by atoms with van der Waals surface area (Å²) < 4.78 is 14.8. The molecule has 0 atom stereocenters. The lowest BCUT2D eigenvalue weighted by Crippen LogP contribution is -2.23. The van der Waals surface area contributed by atoms with E-state index in [1.807, 2.05) is 75.4 Å². The summed E-state index contributed by atoms with van der Waals surface area (Å²) in [5.41, 5.74) is 2.24. The van der Waals surface area contributed by atoms with Gasteiger partial charge in [0.15, 0.2) is 11.5 Å². The Balaban J connectivity index is 1.71. The van der Waals surface area contributed by atoms with Crippen LogP contribution in [0.4, 0.5) is 0 Å². The van der Waals surface area contributed by atoms with Crippen LogP contribution in [-0.4, -0.2) is 22.5 Å². The Morgan fingerprint density at radius 3 is 2.54 bits per heavy atom. The molecule has 0 saturated carbocycles. The molecule has 0 aliphatic heterocycles. The van der Waals surface area contributed by atoms with Crippen molar-refractivity contribution >= 4 is 49.0 Å². The Morgan fingerprint density at radius 1 is 1.06 bits per heavy atom. The number of ether oxygens (including phenoxy) is 2. The van der Waals surface area contributed by atoms with E-state index in [4.69, 9.17) is 14.5 Å². The van der Waals surface area contributed by atoms with Gasteiger partial charge in [-0.2, -0.15) is 9.78 Å². The van der Waals surface area contributed by atoms with Crippen molar-refractivity contribution in [3.63, 3.8) is 0 Å². The summed E-state index contributed by atoms with van der Waals surface area (Å²) in [4.78, 5) is 18.0. The van der Waals surface area contributed by atoms with E-state index in [0.717, 1.165) is 20.1 Å². The van der Waals surface area contributed by atoms with Gasteiger partial charge in [0.05, 0.1) is 28.2 Å². The van der Waals surface area contributed by atoms with Gasteiger partial charge in [-0.05, 0) is 64.3 Å². The fraction of sp³-hybridized carbons (Fsp3) is 0.222. The first-order valence-corrected chi connectivity index (χ1v) is 12.9. The van der Waals surface area contributed by atoms with Gasteiger partial charge in [-0.15, -0.1) is 0 Å². The summed E-state index contributed by atoms with van der Waals surface area (Å²) in [5, 5.41) is 5.03. The molecule has 0 bridgehead atoms. The van der Waals surface area contributed by atoms with Crippen molar-refractivity contribution in [1.82, 2.24) is 9.66 Å². The summed E-state index contributed by atoms with van der Waals surface area (Å²) in [6.07, 6.45) is 1.63. The monoisotopic (exact) mass is 597 g/mol. The molecule has 0 aliphatic carbocycles. The third-order valence-electron chi connectivity index (χ3n) is 5.23. The fourth-order valence-electron chi connectivity index (χ4n) is 3.57. The first-order chi connectivity index (χ1) is 16.9. The molecule has 0 fully saturated rings. The largest absolute Gasteiger partial charge is 0.490 e. The molecule has 0 amide bonds. The Kier molecular flexibility index (Phi) is 8.03. The molecule has 4 aromatic rings. The van der Waals surface area contributed by atoms with Crippen LogP contribution in [0.3, 0.4) is 0 Å². The number of fused-ring (bicyclic) bond motifs is 1. The average molecular weight is 599 g/mol. The fourth-order valence-corrected chi connectivity index (χ4v) is 4.51. The van der Waals surface area contributed by atoms with Crippen LogP contribution in [0, 0.1) is 0 Å². The van der Waals surface area contributed by atoms with Gasteiger partial charge in [-0.3, -0.25) is 4.79 Å². The van der Waals surface area contributed by atoms with Gasteiger partial charge in [-0.25, -0.2) is 4.98 Å². The number of halogens is 2. The summed E-state index contributed by atoms with van der Waals surface area (Å²) in [7, 11) is 0. The predicted octanol–water partition coefficient (Wildman–Crippen LogP) is 6.90. The SMILES string of the molecule is CCOc1cc(C=Nn2c(C(C)C)nc3ccc(Br)cc3c2=O)cc(Br)c1OCc1ccccc1. The quantitative estimate of drug-likeness (QED) is 0.207. The normalized spacial score (nSPS) is 11.5. The smallest absolute Gasteiger partial charge is 0.282 e. The van der Waals surface area contributed by atoms with Gasteiger partial charge in [0, 0.05) is 10.4 Å². The van der Waals surface area contributed by atoms with Gasteiger partial charge in [0.1, 0.15) is 12.4 Å². The lowest BCUT2D eigenvalue weighted by Gasteiger charge is -2.15. The van der Waals surface area contributed by atoms with Gasteiger partial charge in [0.25, 0.3) is 5.56 Å². The zero-order chi connectivity index (χ0) is 24.9. The standard InChI is InChI=1S/C27H25Br2N3O3/c1-4-34-24-13-19(12-22(29)25(24)35-16-18-8-6-5-7-9-18)15-30-32-26(17(2)3)31-23-11-10-20(28)14-21(23)27(32)33/h5-15,17H,4,16H2,1-3H3. The maximum absolute atomic E-state index is 13.3. The van der Waals surface area contributed by atoms with Crippen LogP contribution in [-0.2, 0) is 6.61 Å². The highest BCUT2D eigenvalue weighted by Crippen LogP contribution is 2.37. The number of hydrogen-bond acceptors (Lipinski definition) is 5. The van der Waals surface area contributed by atoms with Crippen molar-refractivity contribution < 1.29 is 9.47 Å². The second kappa shape index (κ2) is 11.2. The van der Waals surface area contributed by atoms with Gasteiger partial charge in [0.2, 0.25) is 0 Å². The van der Waals surface area contributed by atoms with E-state index >= 15 is 0 Å². The third kappa shape index (κ3) is 5.82. The first kappa shape index (κ1) is 25.1. The van der Waals surface area contributed by atoms with Crippen molar-refractivity contribution in [3.05, 3.63) is 96.9 Å². The van der Waals surface area contributed by atoms with Crippen molar-refractivity contribution in [2.24, 2.45) is 5.10 Å². The molecular weight excluding hydrogens is 574 g/mol. The van der Waals surface area contributed by atoms with Crippen molar-refractivity contribution in [1.29, 1.82) is 0 Å². The average Bonchev–Trinajstić information content (AvgIpc) is 2.84. The molecule has 0 aliphatic rings. The minimum atomic E-state index is -0.219. The second-order valence-electron chi connectivity index (χ2n) is 8.18. The van der Waals surface area contributed by atoms with Crippen molar-refractivity contribution in [2.45, 2.75) is 33.3 Å². The number of nitrogens with zero attached hydrogens (tertiary/aromatic N) is 3. The third-order valence-corrected chi connectivity index (χ3v) is 6.31. The first-order valence-electron chi connectivity index (χ1n) is 11.3. The van der Waals surface area contributed by atoms with E-state index < -0.39 is 0 Å². The summed E-state index contributed by atoms with van der Waals surface area (Å²) in [5.74, 6) is 1.81. The van der Waals surface area contributed by atoms with Gasteiger partial charge < -0.3 is 9.47 Å². The molecular formula is C27H25Br2N3O3. The molecule has 1 heterocycles. The van der Waals surface area contributed by atoms with Crippen LogP contribution in [0.1, 0.15) is 43.6 Å². The Bertz CT molecular complexity index is 1430. The molecule has 3 aromatic carbocycles. The Morgan fingerprint density at radius 2 is 1.83 bits per heavy atom. The van der Waals surface area contributed by atoms with Crippen LogP contribution in [0.2, 0.25) is 0 Å². The van der Waals surface area contributed by atoms with E-state index in [0.29, 0.717) is 41.4 Å². The number of benzene rings is 3. The number of rotatable bonds is 8. The van der Waals surface area contributed by atoms with E-state index in [2.05, 4.69) is 37.0 Å². The molecule has 180 valence electrons. The highest BCUT2D eigenvalue weighted by molar-refractivity contribution is 9.10. The molecule has 0 N–H and O–H groups in total. The topological polar surface area (TPSA) is 65.7 Å². The summed E-state index contributed by atoms with van der Waals surface area (Å²) >= 11 is 7.04. The lowest BCUT2D eigenvalue weighted by atomic mass is 10.2. The Hall–Kier alpha value is -2.97. The molecule has 0 spiro atoms. The number of aromatic nitrogens is 2. The van der Waals surface area contributed by atoms with Gasteiger partial charge >= 0.3 is 0 Å². The zero-order valence-corrected chi connectivity index (χ0v) is 22.8. The molecule has 35 heavy (non-hydrogen) atoms. The van der Waals surface area contributed by atoms with Crippen LogP contribution in [0.5, 0.6) is 11.5 Å². The lowest BCUT2D eigenvalue weighted by molar-refractivity contribution is 0.267.